The fourth-order valence-corrected chi connectivity index (χ4v) is 1.41. The number of unbranched alkanes of at least 4 members (excludes halogenated alkanes) is 8. The lowest BCUT2D eigenvalue weighted by Crippen LogP contribution is -1.83. The second kappa shape index (κ2) is 14.4. The fourth-order valence-electron chi connectivity index (χ4n) is 1.41. The van der Waals surface area contributed by atoms with Crippen LogP contribution in [0.4, 0.5) is 4.70 Å². The molecule has 0 amide bonds. The predicted molar refractivity (Wildman–Crippen MR) is 55.3 cm³/mol. The van der Waals surface area contributed by atoms with E-state index in [1.807, 2.05) is 0 Å². The molecule has 0 rings (SSSR count). The van der Waals surface area contributed by atoms with E-state index in [1.165, 1.54) is 44.9 Å². The molecule has 0 aliphatic carbocycles. The maximum absolute atomic E-state index is 10.1. The van der Waals surface area contributed by atoms with Crippen LogP contribution in [0.25, 0.3) is 0 Å². The van der Waals surface area contributed by atoms with E-state index in [4.69, 9.17) is 0 Å². The second-order valence-corrected chi connectivity index (χ2v) is 3.53. The maximum atomic E-state index is 10.1. The molecule has 0 aliphatic rings. The van der Waals surface area contributed by atoms with E-state index < -0.39 is 0 Å². The van der Waals surface area contributed by atoms with Gasteiger partial charge in [-0.3, -0.25) is 4.70 Å². The molecule has 0 aromatic heterocycles. The van der Waals surface area contributed by atoms with E-state index in [9.17, 15) is 5.11 Å². The van der Waals surface area contributed by atoms with Crippen LogP contribution in [0.1, 0.15) is 64.7 Å². The summed E-state index contributed by atoms with van der Waals surface area (Å²) >= 11 is 0. The molecule has 0 aliphatic heterocycles. The molecule has 0 atom stereocenters. The molecule has 2 heteroatoms. The fraction of sp³-hybridized carbons (Fsp3) is 1.00. The predicted octanol–water partition coefficient (Wildman–Crippen LogP) is 4.10. The molecule has 0 fully saturated rings. The van der Waals surface area contributed by atoms with Crippen molar-refractivity contribution in [2.45, 2.75) is 64.7 Å². The summed E-state index contributed by atoms with van der Waals surface area (Å²) in [5.41, 5.74) is 0. The average molecular weight is 191 g/mol. The van der Waals surface area contributed by atoms with Crippen LogP contribution in [0.3, 0.4) is 0 Å². The highest BCUT2D eigenvalue weighted by Crippen LogP contribution is 2.08. The minimum absolute atomic E-state index is 0. The molecule has 0 aromatic rings. The minimum Gasteiger partial charge on any atom is -0.269 e. The van der Waals surface area contributed by atoms with Crippen molar-refractivity contribution in [3.63, 3.8) is 0 Å². The summed E-state index contributed by atoms with van der Waals surface area (Å²) in [4.78, 5) is 0. The standard InChI is InChI=1S/C11H23O.FH/c1-2-3-4-5-6-7-8-9-10-11-12;/h2-11H2,1H3;1H. The van der Waals surface area contributed by atoms with Gasteiger partial charge >= 0.3 is 0 Å². The third kappa shape index (κ3) is 14.7. The third-order valence-corrected chi connectivity index (χ3v) is 2.25. The van der Waals surface area contributed by atoms with Gasteiger partial charge in [0.2, 0.25) is 0 Å². The van der Waals surface area contributed by atoms with Gasteiger partial charge < -0.3 is 0 Å². The van der Waals surface area contributed by atoms with Crippen LogP contribution < -0.4 is 0 Å². The van der Waals surface area contributed by atoms with Crippen LogP contribution in [-0.2, 0) is 5.11 Å². The van der Waals surface area contributed by atoms with Crippen molar-refractivity contribution < 1.29 is 9.81 Å². The molecule has 0 aromatic carbocycles. The topological polar surface area (TPSA) is 19.9 Å². The zero-order valence-electron chi connectivity index (χ0n) is 8.89. The highest BCUT2D eigenvalue weighted by atomic mass is 19.0. The molecule has 1 nitrogen and oxygen atoms in total. The lowest BCUT2D eigenvalue weighted by atomic mass is 10.1. The molecule has 0 saturated heterocycles. The van der Waals surface area contributed by atoms with Gasteiger partial charge in [0.1, 0.15) is 0 Å². The summed E-state index contributed by atoms with van der Waals surface area (Å²) in [6.45, 7) is 2.37. The number of rotatable bonds is 9. The van der Waals surface area contributed by atoms with Crippen molar-refractivity contribution in [1.29, 1.82) is 0 Å². The minimum atomic E-state index is 0. The van der Waals surface area contributed by atoms with Gasteiger partial charge in [-0.05, 0) is 6.42 Å². The average Bonchev–Trinajstić information content (AvgIpc) is 2.10. The highest BCUT2D eigenvalue weighted by molar-refractivity contribution is 4.45. The van der Waals surface area contributed by atoms with Crippen molar-refractivity contribution in [3.05, 3.63) is 0 Å². The SMILES string of the molecule is CCCCCCCCCCC[O].F. The monoisotopic (exact) mass is 191 g/mol. The first-order chi connectivity index (χ1) is 5.91. The van der Waals surface area contributed by atoms with Crippen LogP contribution in [0.5, 0.6) is 0 Å². The number of halogens is 1. The van der Waals surface area contributed by atoms with Crippen LogP contribution in [0.2, 0.25) is 0 Å². The molecule has 1 radical (unpaired) electrons. The normalized spacial score (nSPS) is 9.69. The highest BCUT2D eigenvalue weighted by Gasteiger charge is 1.90. The van der Waals surface area contributed by atoms with Gasteiger partial charge in [0, 0.05) is 0 Å². The summed E-state index contributed by atoms with van der Waals surface area (Å²) in [5, 5.41) is 10.1. The first-order valence-corrected chi connectivity index (χ1v) is 5.50. The molecule has 0 N–H and O–H groups in total. The summed E-state index contributed by atoms with van der Waals surface area (Å²) in [5.74, 6) is 0. The zero-order chi connectivity index (χ0) is 9.07. The first-order valence-electron chi connectivity index (χ1n) is 5.50. The van der Waals surface area contributed by atoms with Gasteiger partial charge in [-0.2, -0.15) is 0 Å². The molecular weight excluding hydrogens is 167 g/mol. The molecule has 13 heavy (non-hydrogen) atoms. The van der Waals surface area contributed by atoms with E-state index >= 15 is 0 Å². The van der Waals surface area contributed by atoms with Crippen LogP contribution in [-0.4, -0.2) is 6.61 Å². The van der Waals surface area contributed by atoms with E-state index in [0.717, 1.165) is 12.8 Å². The smallest absolute Gasteiger partial charge is 0.0822 e. The lowest BCUT2D eigenvalue weighted by Gasteiger charge is -1.99. The van der Waals surface area contributed by atoms with Gasteiger partial charge in [0.15, 0.2) is 0 Å². The van der Waals surface area contributed by atoms with Crippen molar-refractivity contribution in [2.75, 3.05) is 6.61 Å². The molecule has 0 saturated carbocycles. The summed E-state index contributed by atoms with van der Waals surface area (Å²) in [6, 6.07) is 0. The van der Waals surface area contributed by atoms with E-state index in [0.29, 0.717) is 0 Å². The first kappa shape index (κ1) is 15.4. The maximum Gasteiger partial charge on any atom is 0.0822 e. The van der Waals surface area contributed by atoms with Gasteiger partial charge in [-0.25, -0.2) is 5.11 Å². The second-order valence-electron chi connectivity index (χ2n) is 3.53. The Morgan fingerprint density at radius 1 is 0.692 bits per heavy atom. The summed E-state index contributed by atoms with van der Waals surface area (Å²) < 4.78 is 0. The van der Waals surface area contributed by atoms with Crippen molar-refractivity contribution in [1.82, 2.24) is 0 Å². The van der Waals surface area contributed by atoms with E-state index in [-0.39, 0.29) is 11.3 Å². The number of hydrogen-bond acceptors (Lipinski definition) is 0. The van der Waals surface area contributed by atoms with Gasteiger partial charge in [-0.1, -0.05) is 58.3 Å². The zero-order valence-corrected chi connectivity index (χ0v) is 8.89. The van der Waals surface area contributed by atoms with Crippen molar-refractivity contribution >= 4 is 0 Å². The molecular formula is C11H24FO. The Bertz CT molecular complexity index is 66.5. The lowest BCUT2D eigenvalue weighted by molar-refractivity contribution is 0.186. The summed E-state index contributed by atoms with van der Waals surface area (Å²) in [7, 11) is 0. The molecule has 0 spiro atoms. The number of hydrogen-bond donors (Lipinski definition) is 0. The van der Waals surface area contributed by atoms with Crippen LogP contribution in [0.15, 0.2) is 0 Å². The van der Waals surface area contributed by atoms with Gasteiger partial charge in [0.25, 0.3) is 0 Å². The third-order valence-electron chi connectivity index (χ3n) is 2.25. The Kier molecular flexibility index (Phi) is 17.0. The molecule has 0 heterocycles. The van der Waals surface area contributed by atoms with E-state index in [2.05, 4.69) is 6.92 Å². The Labute approximate surface area is 81.9 Å². The van der Waals surface area contributed by atoms with Gasteiger partial charge in [-0.15, -0.1) is 0 Å². The largest absolute Gasteiger partial charge is 0.269 e. The quantitative estimate of drug-likeness (QED) is 0.489. The van der Waals surface area contributed by atoms with Crippen molar-refractivity contribution in [3.8, 4) is 0 Å². The molecule has 0 unspecified atom stereocenters. The van der Waals surface area contributed by atoms with Gasteiger partial charge in [0.05, 0.1) is 6.61 Å². The molecule has 0 bridgehead atoms. The van der Waals surface area contributed by atoms with Crippen LogP contribution >= 0.6 is 0 Å². The Morgan fingerprint density at radius 3 is 1.46 bits per heavy atom. The van der Waals surface area contributed by atoms with E-state index in [1.54, 1.807) is 0 Å². The van der Waals surface area contributed by atoms with Crippen LogP contribution in [0, 0.1) is 0 Å². The Balaban J connectivity index is 0. The Morgan fingerprint density at radius 2 is 1.08 bits per heavy atom. The summed E-state index contributed by atoms with van der Waals surface area (Å²) in [6.07, 6.45) is 11.5. The Hall–Kier alpha value is -0.110. The molecule has 81 valence electrons. The van der Waals surface area contributed by atoms with Crippen molar-refractivity contribution in [2.24, 2.45) is 0 Å².